The van der Waals surface area contributed by atoms with E-state index < -0.39 is 0 Å². The van der Waals surface area contributed by atoms with E-state index in [9.17, 15) is 4.79 Å². The van der Waals surface area contributed by atoms with Gasteiger partial charge < -0.3 is 16.0 Å². The van der Waals surface area contributed by atoms with Crippen LogP contribution in [-0.2, 0) is 24.4 Å². The van der Waals surface area contributed by atoms with Crippen LogP contribution in [0, 0.1) is 0 Å². The van der Waals surface area contributed by atoms with Gasteiger partial charge in [0.1, 0.15) is 6.54 Å². The van der Waals surface area contributed by atoms with E-state index in [1.54, 1.807) is 6.20 Å². The number of hydrogen-bond acceptors (Lipinski definition) is 4. The molecule has 0 aliphatic heterocycles. The fourth-order valence-electron chi connectivity index (χ4n) is 2.09. The fraction of sp³-hybridized carbons (Fsp3) is 0.333. The van der Waals surface area contributed by atoms with E-state index in [0.717, 1.165) is 12.1 Å². The van der Waals surface area contributed by atoms with Crippen LogP contribution in [0.4, 0.5) is 5.69 Å². The van der Waals surface area contributed by atoms with Crippen molar-refractivity contribution in [2.45, 2.75) is 19.6 Å². The van der Waals surface area contributed by atoms with Gasteiger partial charge in [-0.3, -0.25) is 9.48 Å². The third-order valence-electron chi connectivity index (χ3n) is 3.04. The minimum absolute atomic E-state index is 0.0854. The zero-order chi connectivity index (χ0) is 15.2. The van der Waals surface area contributed by atoms with Gasteiger partial charge >= 0.3 is 0 Å². The lowest BCUT2D eigenvalue weighted by Crippen LogP contribution is -2.28. The van der Waals surface area contributed by atoms with Gasteiger partial charge in [-0.2, -0.15) is 5.10 Å². The fourth-order valence-corrected chi connectivity index (χ4v) is 2.09. The van der Waals surface area contributed by atoms with Crippen LogP contribution < -0.4 is 11.1 Å². The zero-order valence-corrected chi connectivity index (χ0v) is 12.4. The first-order chi connectivity index (χ1) is 10.0. The summed E-state index contributed by atoms with van der Waals surface area (Å²) in [6, 6.07) is 8.10. The Morgan fingerprint density at radius 1 is 1.33 bits per heavy atom. The Bertz CT molecular complexity index is 606. The van der Waals surface area contributed by atoms with Crippen LogP contribution in [0.3, 0.4) is 0 Å². The van der Waals surface area contributed by atoms with E-state index in [1.807, 2.05) is 32.3 Å². The molecule has 0 saturated heterocycles. The average molecular weight is 287 g/mol. The molecule has 112 valence electrons. The van der Waals surface area contributed by atoms with E-state index in [-0.39, 0.29) is 12.5 Å². The summed E-state index contributed by atoms with van der Waals surface area (Å²) in [5, 5.41) is 6.90. The maximum atomic E-state index is 11.9. The number of hydrogen-bond donors (Lipinski definition) is 2. The number of nitrogens with two attached hydrogens (primary N) is 1. The van der Waals surface area contributed by atoms with Gasteiger partial charge in [0.2, 0.25) is 5.91 Å². The average Bonchev–Trinajstić information content (AvgIpc) is 2.82. The Balaban J connectivity index is 1.92. The van der Waals surface area contributed by atoms with Crippen molar-refractivity contribution in [2.24, 2.45) is 0 Å². The van der Waals surface area contributed by atoms with Gasteiger partial charge in [-0.1, -0.05) is 24.3 Å². The molecule has 2 aromatic rings. The zero-order valence-electron chi connectivity index (χ0n) is 12.4. The molecular formula is C15H21N5O. The van der Waals surface area contributed by atoms with Gasteiger partial charge in [-0.05, 0) is 25.2 Å². The number of amides is 1. The van der Waals surface area contributed by atoms with Gasteiger partial charge in [-0.15, -0.1) is 0 Å². The maximum Gasteiger partial charge on any atom is 0.241 e. The summed E-state index contributed by atoms with van der Waals surface area (Å²) in [5.41, 5.74) is 8.46. The van der Waals surface area contributed by atoms with Crippen molar-refractivity contribution in [3.05, 3.63) is 47.8 Å². The van der Waals surface area contributed by atoms with Crippen molar-refractivity contribution in [2.75, 3.05) is 19.8 Å². The number of nitrogens with zero attached hydrogens (tertiary/aromatic N) is 3. The van der Waals surface area contributed by atoms with Crippen molar-refractivity contribution >= 4 is 11.6 Å². The first-order valence-electron chi connectivity index (χ1n) is 6.80. The molecule has 0 saturated carbocycles. The van der Waals surface area contributed by atoms with Crippen LogP contribution in [-0.4, -0.2) is 34.7 Å². The van der Waals surface area contributed by atoms with E-state index >= 15 is 0 Å². The third-order valence-corrected chi connectivity index (χ3v) is 3.04. The number of nitrogens with one attached hydrogen (secondary N) is 1. The summed E-state index contributed by atoms with van der Waals surface area (Å²) in [5.74, 6) is -0.0854. The quantitative estimate of drug-likeness (QED) is 0.825. The van der Waals surface area contributed by atoms with Gasteiger partial charge in [0, 0.05) is 19.3 Å². The smallest absolute Gasteiger partial charge is 0.241 e. The molecular weight excluding hydrogens is 266 g/mol. The molecule has 0 atom stereocenters. The van der Waals surface area contributed by atoms with Crippen LogP contribution in [0.25, 0.3) is 0 Å². The normalized spacial score (nSPS) is 10.8. The monoisotopic (exact) mass is 287 g/mol. The minimum Gasteiger partial charge on any atom is -0.396 e. The highest BCUT2D eigenvalue weighted by molar-refractivity contribution is 5.75. The highest BCUT2D eigenvalue weighted by Crippen LogP contribution is 2.10. The molecule has 0 fully saturated rings. The molecule has 0 aliphatic carbocycles. The number of anilines is 1. The SMILES string of the molecule is CN(C)Cc1ccccc1CNC(=O)Cn1cc(N)cn1. The van der Waals surface area contributed by atoms with Crippen molar-refractivity contribution in [3.8, 4) is 0 Å². The lowest BCUT2D eigenvalue weighted by atomic mass is 10.1. The summed E-state index contributed by atoms with van der Waals surface area (Å²) >= 11 is 0. The number of carbonyl (C=O) groups excluding carboxylic acids is 1. The molecule has 6 nitrogen and oxygen atoms in total. The van der Waals surface area contributed by atoms with Crippen LogP contribution in [0.5, 0.6) is 0 Å². The summed E-state index contributed by atoms with van der Waals surface area (Å²) in [6.07, 6.45) is 3.17. The van der Waals surface area contributed by atoms with Crippen molar-refractivity contribution in [1.29, 1.82) is 0 Å². The Labute approximate surface area is 124 Å². The van der Waals surface area contributed by atoms with Crippen LogP contribution in [0.1, 0.15) is 11.1 Å². The molecule has 0 spiro atoms. The highest BCUT2D eigenvalue weighted by atomic mass is 16.2. The van der Waals surface area contributed by atoms with Crippen molar-refractivity contribution in [1.82, 2.24) is 20.0 Å². The van der Waals surface area contributed by atoms with Crippen LogP contribution in [0.2, 0.25) is 0 Å². The van der Waals surface area contributed by atoms with Gasteiger partial charge in [0.05, 0.1) is 11.9 Å². The molecule has 1 aromatic heterocycles. The first-order valence-corrected chi connectivity index (χ1v) is 6.80. The molecule has 21 heavy (non-hydrogen) atoms. The van der Waals surface area contributed by atoms with E-state index in [2.05, 4.69) is 21.4 Å². The summed E-state index contributed by atoms with van der Waals surface area (Å²) in [7, 11) is 4.05. The van der Waals surface area contributed by atoms with E-state index in [0.29, 0.717) is 12.2 Å². The Kier molecular flexibility index (Phi) is 4.94. The minimum atomic E-state index is -0.0854. The topological polar surface area (TPSA) is 76.2 Å². The summed E-state index contributed by atoms with van der Waals surface area (Å²) in [4.78, 5) is 14.0. The predicted molar refractivity (Wildman–Crippen MR) is 82.3 cm³/mol. The molecule has 0 unspecified atom stereocenters. The largest absolute Gasteiger partial charge is 0.396 e. The Morgan fingerprint density at radius 3 is 2.67 bits per heavy atom. The lowest BCUT2D eigenvalue weighted by molar-refractivity contribution is -0.122. The molecule has 1 aromatic carbocycles. The number of rotatable bonds is 6. The molecule has 2 rings (SSSR count). The summed E-state index contributed by atoms with van der Waals surface area (Å²) in [6.45, 7) is 1.54. The Hall–Kier alpha value is -2.34. The Morgan fingerprint density at radius 2 is 2.05 bits per heavy atom. The van der Waals surface area contributed by atoms with Crippen molar-refractivity contribution < 1.29 is 4.79 Å². The third kappa shape index (κ3) is 4.61. The number of nitrogen functional groups attached to an aromatic ring is 1. The second-order valence-corrected chi connectivity index (χ2v) is 5.25. The van der Waals surface area contributed by atoms with Gasteiger partial charge in [-0.25, -0.2) is 0 Å². The second kappa shape index (κ2) is 6.90. The molecule has 6 heteroatoms. The first kappa shape index (κ1) is 15.1. The number of aromatic nitrogens is 2. The maximum absolute atomic E-state index is 11.9. The van der Waals surface area contributed by atoms with Crippen LogP contribution >= 0.6 is 0 Å². The highest BCUT2D eigenvalue weighted by Gasteiger charge is 2.07. The molecule has 3 N–H and O–H groups in total. The van der Waals surface area contributed by atoms with Crippen LogP contribution in [0.15, 0.2) is 36.7 Å². The summed E-state index contributed by atoms with van der Waals surface area (Å²) < 4.78 is 1.52. The van der Waals surface area contributed by atoms with Gasteiger partial charge in [0.25, 0.3) is 0 Å². The number of benzene rings is 1. The second-order valence-electron chi connectivity index (χ2n) is 5.25. The molecule has 1 heterocycles. The predicted octanol–water partition coefficient (Wildman–Crippen LogP) is 0.843. The molecule has 0 bridgehead atoms. The molecule has 0 radical (unpaired) electrons. The van der Waals surface area contributed by atoms with E-state index in [1.165, 1.54) is 16.4 Å². The molecule has 0 aliphatic rings. The molecule has 1 amide bonds. The number of carbonyl (C=O) groups is 1. The van der Waals surface area contributed by atoms with Gasteiger partial charge in [0.15, 0.2) is 0 Å². The van der Waals surface area contributed by atoms with Crippen molar-refractivity contribution in [3.63, 3.8) is 0 Å². The lowest BCUT2D eigenvalue weighted by Gasteiger charge is -2.14. The standard InChI is InChI=1S/C15H21N5O/c1-19(2)9-13-6-4-3-5-12(13)7-17-15(21)11-20-10-14(16)8-18-20/h3-6,8,10H,7,9,11,16H2,1-2H3,(H,17,21). The van der Waals surface area contributed by atoms with E-state index in [4.69, 9.17) is 5.73 Å².